The van der Waals surface area contributed by atoms with E-state index in [4.69, 9.17) is 16.3 Å². The molecule has 0 spiro atoms. The molecule has 0 bridgehead atoms. The zero-order valence-corrected chi connectivity index (χ0v) is 15.2. The van der Waals surface area contributed by atoms with Gasteiger partial charge in [0.1, 0.15) is 25.0 Å². The number of rotatable bonds is 10. The Labute approximate surface area is 153 Å². The molecule has 1 atom stereocenters. The van der Waals surface area contributed by atoms with Crippen molar-refractivity contribution in [1.29, 1.82) is 0 Å². The van der Waals surface area contributed by atoms with E-state index in [1.807, 2.05) is 31.2 Å². The van der Waals surface area contributed by atoms with Crippen molar-refractivity contribution in [3.8, 4) is 5.75 Å². The molecule has 3 N–H and O–H groups in total. The largest absolute Gasteiger partial charge is 0.491 e. The van der Waals surface area contributed by atoms with Crippen LogP contribution >= 0.6 is 11.6 Å². The average molecular weight is 363 g/mol. The molecule has 0 aromatic heterocycles. The summed E-state index contributed by atoms with van der Waals surface area (Å²) in [5.74, 6) is 0.773. The average Bonchev–Trinajstić information content (AvgIpc) is 2.64. The van der Waals surface area contributed by atoms with Gasteiger partial charge in [0.15, 0.2) is 5.78 Å². The number of ether oxygens (including phenoxy) is 1. The van der Waals surface area contributed by atoms with Crippen LogP contribution in [0.1, 0.15) is 29.3 Å². The highest BCUT2D eigenvalue weighted by atomic mass is 35.5. The first-order chi connectivity index (χ1) is 12.1. The molecule has 0 saturated heterocycles. The summed E-state index contributed by atoms with van der Waals surface area (Å²) in [6, 6.07) is 14.8. The Kier molecular flexibility index (Phi) is 7.92. The van der Waals surface area contributed by atoms with Gasteiger partial charge in [0.2, 0.25) is 0 Å². The monoisotopic (exact) mass is 362 g/mol. The Morgan fingerprint density at radius 2 is 1.84 bits per heavy atom. The van der Waals surface area contributed by atoms with Gasteiger partial charge < -0.3 is 15.2 Å². The summed E-state index contributed by atoms with van der Waals surface area (Å²) >= 11 is 5.86. The number of aliphatic hydroxyl groups is 1. The Balaban J connectivity index is 1.64. The SMILES string of the molecule is CCC(=O)c1ccc(OC[C@@H](O)C[NH2+]CCc2ccc(Cl)cc2)cc1. The lowest BCUT2D eigenvalue weighted by atomic mass is 10.1. The van der Waals surface area contributed by atoms with Crippen molar-refractivity contribution in [3.63, 3.8) is 0 Å². The third-order valence-corrected chi connectivity index (χ3v) is 4.18. The van der Waals surface area contributed by atoms with Gasteiger partial charge >= 0.3 is 0 Å². The van der Waals surface area contributed by atoms with Crippen molar-refractivity contribution in [2.45, 2.75) is 25.9 Å². The number of halogens is 1. The van der Waals surface area contributed by atoms with Gasteiger partial charge in [-0.2, -0.15) is 0 Å². The molecule has 2 aromatic rings. The molecular formula is C20H25ClNO3+. The highest BCUT2D eigenvalue weighted by Gasteiger charge is 2.08. The van der Waals surface area contributed by atoms with Crippen molar-refractivity contribution >= 4 is 17.4 Å². The van der Waals surface area contributed by atoms with Crippen LogP contribution in [0.25, 0.3) is 0 Å². The van der Waals surface area contributed by atoms with Gasteiger partial charge in [0, 0.05) is 23.4 Å². The fourth-order valence-electron chi connectivity index (χ4n) is 2.43. The number of quaternary nitrogens is 1. The maximum atomic E-state index is 11.6. The predicted octanol–water partition coefficient (Wildman–Crippen LogP) is 2.48. The first kappa shape index (κ1) is 19.4. The molecule has 0 heterocycles. The molecular weight excluding hydrogens is 338 g/mol. The molecule has 0 amide bonds. The maximum absolute atomic E-state index is 11.6. The molecule has 0 aliphatic heterocycles. The lowest BCUT2D eigenvalue weighted by Crippen LogP contribution is -2.87. The molecule has 0 fully saturated rings. The van der Waals surface area contributed by atoms with Crippen LogP contribution in [-0.2, 0) is 6.42 Å². The van der Waals surface area contributed by atoms with E-state index in [2.05, 4.69) is 5.32 Å². The van der Waals surface area contributed by atoms with Crippen LogP contribution in [-0.4, -0.2) is 36.7 Å². The summed E-state index contributed by atoms with van der Waals surface area (Å²) in [4.78, 5) is 11.6. The zero-order valence-electron chi connectivity index (χ0n) is 14.5. The lowest BCUT2D eigenvalue weighted by molar-refractivity contribution is -0.660. The van der Waals surface area contributed by atoms with Gasteiger partial charge in [-0.05, 0) is 42.0 Å². The highest BCUT2D eigenvalue weighted by molar-refractivity contribution is 6.30. The van der Waals surface area contributed by atoms with Crippen LogP contribution in [0.5, 0.6) is 5.75 Å². The minimum absolute atomic E-state index is 0.113. The van der Waals surface area contributed by atoms with E-state index >= 15 is 0 Å². The number of hydrogen-bond donors (Lipinski definition) is 2. The maximum Gasteiger partial charge on any atom is 0.162 e. The van der Waals surface area contributed by atoms with E-state index in [1.165, 1.54) is 5.56 Å². The van der Waals surface area contributed by atoms with Crippen LogP contribution < -0.4 is 10.1 Å². The van der Waals surface area contributed by atoms with Gasteiger partial charge in [-0.15, -0.1) is 0 Å². The second-order valence-corrected chi connectivity index (χ2v) is 6.39. The fourth-order valence-corrected chi connectivity index (χ4v) is 2.56. The Morgan fingerprint density at radius 3 is 2.48 bits per heavy atom. The molecule has 0 unspecified atom stereocenters. The topological polar surface area (TPSA) is 63.1 Å². The molecule has 2 rings (SSSR count). The molecule has 0 aliphatic carbocycles. The van der Waals surface area contributed by atoms with Gasteiger partial charge in [-0.25, -0.2) is 0 Å². The Morgan fingerprint density at radius 1 is 1.16 bits per heavy atom. The van der Waals surface area contributed by atoms with E-state index in [-0.39, 0.29) is 12.4 Å². The summed E-state index contributed by atoms with van der Waals surface area (Å²) in [5, 5.41) is 12.8. The molecule has 0 radical (unpaired) electrons. The Hall–Kier alpha value is -1.88. The first-order valence-corrected chi connectivity index (χ1v) is 8.96. The summed E-state index contributed by atoms with van der Waals surface area (Å²) in [7, 11) is 0. The number of benzene rings is 2. The predicted molar refractivity (Wildman–Crippen MR) is 99.4 cm³/mol. The van der Waals surface area contributed by atoms with Crippen molar-refractivity contribution in [2.24, 2.45) is 0 Å². The van der Waals surface area contributed by atoms with E-state index < -0.39 is 6.10 Å². The number of Topliss-reactive ketones (excluding diaryl/α,β-unsaturated/α-hetero) is 1. The summed E-state index contributed by atoms with van der Waals surface area (Å²) in [6.45, 7) is 3.55. The third kappa shape index (κ3) is 6.86. The molecule has 5 heteroatoms. The number of aliphatic hydroxyl groups excluding tert-OH is 1. The Bertz CT molecular complexity index is 656. The summed E-state index contributed by atoms with van der Waals surface area (Å²) < 4.78 is 5.57. The number of ketones is 1. The van der Waals surface area contributed by atoms with Crippen LogP contribution in [0, 0.1) is 0 Å². The zero-order chi connectivity index (χ0) is 18.1. The molecule has 0 aliphatic rings. The second-order valence-electron chi connectivity index (χ2n) is 5.96. The second kappa shape index (κ2) is 10.2. The first-order valence-electron chi connectivity index (χ1n) is 8.58. The van der Waals surface area contributed by atoms with Crippen LogP contribution in [0.3, 0.4) is 0 Å². The normalized spacial score (nSPS) is 12.0. The smallest absolute Gasteiger partial charge is 0.162 e. The van der Waals surface area contributed by atoms with Gasteiger partial charge in [0.25, 0.3) is 0 Å². The molecule has 4 nitrogen and oxygen atoms in total. The van der Waals surface area contributed by atoms with Crippen LogP contribution in [0.15, 0.2) is 48.5 Å². The number of carbonyl (C=O) groups is 1. The summed E-state index contributed by atoms with van der Waals surface area (Å²) in [6.07, 6.45) is 0.879. The van der Waals surface area contributed by atoms with Crippen molar-refractivity contribution in [2.75, 3.05) is 19.7 Å². The van der Waals surface area contributed by atoms with Gasteiger partial charge in [-0.1, -0.05) is 30.7 Å². The molecule has 134 valence electrons. The van der Waals surface area contributed by atoms with Gasteiger partial charge in [-0.3, -0.25) is 4.79 Å². The van der Waals surface area contributed by atoms with Crippen LogP contribution in [0.4, 0.5) is 0 Å². The van der Waals surface area contributed by atoms with Crippen molar-refractivity contribution < 1.29 is 20.0 Å². The number of carbonyl (C=O) groups excluding carboxylic acids is 1. The summed E-state index contributed by atoms with van der Waals surface area (Å²) in [5.41, 5.74) is 1.92. The number of nitrogens with two attached hydrogens (primary N) is 1. The van der Waals surface area contributed by atoms with E-state index in [0.29, 0.717) is 24.3 Å². The lowest BCUT2D eigenvalue weighted by Gasteiger charge is -2.12. The molecule has 25 heavy (non-hydrogen) atoms. The quantitative estimate of drug-likeness (QED) is 0.504. The molecule has 2 aromatic carbocycles. The minimum Gasteiger partial charge on any atom is -0.491 e. The van der Waals surface area contributed by atoms with E-state index in [1.54, 1.807) is 24.3 Å². The van der Waals surface area contributed by atoms with E-state index in [9.17, 15) is 9.90 Å². The van der Waals surface area contributed by atoms with Gasteiger partial charge in [0.05, 0.1) is 6.54 Å². The van der Waals surface area contributed by atoms with Crippen molar-refractivity contribution in [1.82, 2.24) is 0 Å². The third-order valence-electron chi connectivity index (χ3n) is 3.93. The van der Waals surface area contributed by atoms with Crippen LogP contribution in [0.2, 0.25) is 5.02 Å². The molecule has 0 saturated carbocycles. The standard InChI is InChI=1S/C20H24ClNO3/c1-2-20(24)16-5-9-19(10-6-16)25-14-18(23)13-22-12-11-15-3-7-17(21)8-4-15/h3-10,18,22-23H,2,11-14H2,1H3/p+1/t18-/m0/s1. The van der Waals surface area contributed by atoms with Crippen molar-refractivity contribution in [3.05, 3.63) is 64.7 Å². The minimum atomic E-state index is -0.540. The fraction of sp³-hybridized carbons (Fsp3) is 0.350. The highest BCUT2D eigenvalue weighted by Crippen LogP contribution is 2.13. The van der Waals surface area contributed by atoms with E-state index in [0.717, 1.165) is 18.0 Å². The number of hydrogen-bond acceptors (Lipinski definition) is 3.